The maximum Gasteiger partial charge on any atom is 0.186 e. The Morgan fingerprint density at radius 3 is 2.50 bits per heavy atom. The van der Waals surface area contributed by atoms with E-state index in [1.165, 1.54) is 19.3 Å². The summed E-state index contributed by atoms with van der Waals surface area (Å²) in [6.45, 7) is 2.96. The summed E-state index contributed by atoms with van der Waals surface area (Å²) in [6, 6.07) is 10.2. The van der Waals surface area contributed by atoms with Gasteiger partial charge in [-0.3, -0.25) is 4.79 Å². The number of rotatable bonds is 10. The summed E-state index contributed by atoms with van der Waals surface area (Å²) in [7, 11) is 4.02. The van der Waals surface area contributed by atoms with Crippen LogP contribution in [0.1, 0.15) is 87.3 Å². The molecule has 0 amide bonds. The van der Waals surface area contributed by atoms with Crippen molar-refractivity contribution >= 4 is 5.78 Å². The molecule has 1 aromatic carbocycles. The lowest BCUT2D eigenvalue weighted by Gasteiger charge is -2.34. The normalized spacial score (nSPS) is 23.1. The highest BCUT2D eigenvalue weighted by Crippen LogP contribution is 2.33. The number of aliphatic hydroxyl groups is 1. The maximum atomic E-state index is 13.5. The predicted molar refractivity (Wildman–Crippen MR) is 143 cm³/mol. The molecule has 196 valence electrons. The van der Waals surface area contributed by atoms with Gasteiger partial charge >= 0.3 is 0 Å². The number of ether oxygens (including phenoxy) is 1. The summed E-state index contributed by atoms with van der Waals surface area (Å²) < 4.78 is 6.22. The Hall–Kier alpha value is -2.31. The third-order valence-electron chi connectivity index (χ3n) is 7.82. The average Bonchev–Trinajstić information content (AvgIpc) is 2.89. The second kappa shape index (κ2) is 12.8. The first-order valence-electron chi connectivity index (χ1n) is 13.9. The lowest BCUT2D eigenvalue weighted by molar-refractivity contribution is 0.0335. The van der Waals surface area contributed by atoms with Gasteiger partial charge in [-0.25, -0.2) is 0 Å². The van der Waals surface area contributed by atoms with Crippen molar-refractivity contribution in [1.29, 1.82) is 0 Å². The summed E-state index contributed by atoms with van der Waals surface area (Å²) in [6.07, 6.45) is 11.1. The fourth-order valence-electron chi connectivity index (χ4n) is 5.77. The van der Waals surface area contributed by atoms with E-state index in [1.54, 1.807) is 0 Å². The average molecular weight is 494 g/mol. The number of aromatic nitrogens is 2. The van der Waals surface area contributed by atoms with E-state index in [-0.39, 0.29) is 23.7 Å². The first-order valence-corrected chi connectivity index (χ1v) is 13.9. The summed E-state index contributed by atoms with van der Waals surface area (Å²) >= 11 is 0. The van der Waals surface area contributed by atoms with Crippen molar-refractivity contribution in [1.82, 2.24) is 15.1 Å². The number of aryl methyl sites for hydroxylation is 1. The van der Waals surface area contributed by atoms with Gasteiger partial charge in [0.25, 0.3) is 0 Å². The van der Waals surface area contributed by atoms with Crippen LogP contribution in [0.4, 0.5) is 0 Å². The van der Waals surface area contributed by atoms with Gasteiger partial charge < -0.3 is 14.7 Å². The van der Waals surface area contributed by atoms with Crippen LogP contribution in [-0.4, -0.2) is 58.8 Å². The lowest BCUT2D eigenvalue weighted by Crippen LogP contribution is -2.38. The van der Waals surface area contributed by atoms with Crippen molar-refractivity contribution in [2.75, 3.05) is 20.6 Å². The Bertz CT molecular complexity index is 985. The van der Waals surface area contributed by atoms with Crippen LogP contribution in [0.2, 0.25) is 0 Å². The van der Waals surface area contributed by atoms with Crippen molar-refractivity contribution in [3.05, 3.63) is 41.7 Å². The summed E-state index contributed by atoms with van der Waals surface area (Å²) in [5.74, 6) is 0.953. The number of carbonyl (C=O) groups is 1. The van der Waals surface area contributed by atoms with Gasteiger partial charge in [0.05, 0.1) is 17.9 Å². The number of unbranched alkanes of at least 4 members (excludes halogenated alkanes) is 1. The third kappa shape index (κ3) is 6.92. The molecule has 1 N–H and O–H groups in total. The van der Waals surface area contributed by atoms with Crippen LogP contribution in [0.5, 0.6) is 5.75 Å². The molecule has 2 fully saturated rings. The smallest absolute Gasteiger partial charge is 0.186 e. The topological polar surface area (TPSA) is 75.5 Å². The highest BCUT2D eigenvalue weighted by Gasteiger charge is 2.34. The number of nitrogens with zero attached hydrogens (tertiary/aromatic N) is 3. The van der Waals surface area contributed by atoms with Gasteiger partial charge in [0, 0.05) is 18.0 Å². The van der Waals surface area contributed by atoms with Crippen LogP contribution >= 0.6 is 0 Å². The molecule has 0 saturated heterocycles. The van der Waals surface area contributed by atoms with Gasteiger partial charge in [0.1, 0.15) is 11.4 Å². The Morgan fingerprint density at radius 1 is 1.06 bits per heavy atom. The molecule has 4 rings (SSSR count). The van der Waals surface area contributed by atoms with E-state index < -0.39 is 0 Å². The van der Waals surface area contributed by atoms with Crippen LogP contribution in [0, 0.1) is 11.8 Å². The van der Waals surface area contributed by atoms with Crippen LogP contribution in [-0.2, 0) is 6.42 Å². The van der Waals surface area contributed by atoms with E-state index in [2.05, 4.69) is 34.2 Å². The molecular formula is C30H43N3O3. The quantitative estimate of drug-likeness (QED) is 0.427. The fraction of sp³-hybridized carbons (Fsp3) is 0.633. The van der Waals surface area contributed by atoms with Crippen molar-refractivity contribution in [3.8, 4) is 16.9 Å². The zero-order valence-electron chi connectivity index (χ0n) is 22.3. The first kappa shape index (κ1) is 26.7. The van der Waals surface area contributed by atoms with Gasteiger partial charge in [0.2, 0.25) is 0 Å². The van der Waals surface area contributed by atoms with E-state index in [0.717, 1.165) is 61.2 Å². The Kier molecular flexibility index (Phi) is 9.49. The number of hydrogen-bond acceptors (Lipinski definition) is 6. The standard InChI is InChI=1S/C30H43N3O3/c1-4-5-11-27-26(21-12-15-25(16-13-21)36-24-9-7-6-8-10-24)19-28(32-31-27)30(35)22-14-17-29(34)23(18-22)20-33(2)3/h12-13,15-16,19,22-24,29,34H,4-11,14,17-18,20H2,1-3H3. The van der Waals surface area contributed by atoms with E-state index in [9.17, 15) is 9.90 Å². The van der Waals surface area contributed by atoms with Gasteiger partial charge in [0.15, 0.2) is 5.78 Å². The number of Topliss-reactive ketones (excluding diaryl/α,β-unsaturated/α-hetero) is 1. The lowest BCUT2D eigenvalue weighted by atomic mass is 9.76. The van der Waals surface area contributed by atoms with E-state index >= 15 is 0 Å². The van der Waals surface area contributed by atoms with Crippen LogP contribution in [0.3, 0.4) is 0 Å². The molecule has 1 aromatic heterocycles. The van der Waals surface area contributed by atoms with E-state index in [4.69, 9.17) is 4.74 Å². The van der Waals surface area contributed by atoms with Crippen LogP contribution < -0.4 is 4.74 Å². The third-order valence-corrected chi connectivity index (χ3v) is 7.82. The monoisotopic (exact) mass is 493 g/mol. The summed E-state index contributed by atoms with van der Waals surface area (Å²) in [5, 5.41) is 19.4. The van der Waals surface area contributed by atoms with Gasteiger partial charge in [-0.1, -0.05) is 31.9 Å². The number of hydrogen-bond donors (Lipinski definition) is 1. The zero-order chi connectivity index (χ0) is 25.5. The second-order valence-corrected chi connectivity index (χ2v) is 11.1. The molecular weight excluding hydrogens is 450 g/mol. The van der Waals surface area contributed by atoms with Gasteiger partial charge in [-0.2, -0.15) is 5.10 Å². The van der Waals surface area contributed by atoms with Gasteiger partial charge in [-0.05, 0) is 102 Å². The number of aliphatic hydroxyl groups excluding tert-OH is 1. The highest BCUT2D eigenvalue weighted by atomic mass is 16.5. The second-order valence-electron chi connectivity index (χ2n) is 11.1. The molecule has 0 spiro atoms. The SMILES string of the molecule is CCCCc1nnc(C(=O)C2CCC(O)C(CN(C)C)C2)cc1-c1ccc(OC2CCCCC2)cc1. The van der Waals surface area contributed by atoms with Crippen LogP contribution in [0.15, 0.2) is 30.3 Å². The largest absolute Gasteiger partial charge is 0.490 e. The molecule has 6 heteroatoms. The zero-order valence-corrected chi connectivity index (χ0v) is 22.3. The number of benzene rings is 1. The number of ketones is 1. The molecule has 3 unspecified atom stereocenters. The molecule has 6 nitrogen and oxygen atoms in total. The molecule has 0 radical (unpaired) electrons. The van der Waals surface area contributed by atoms with Gasteiger partial charge in [-0.15, -0.1) is 5.10 Å². The van der Waals surface area contributed by atoms with Crippen molar-refractivity contribution in [2.45, 2.75) is 89.8 Å². The molecule has 2 aliphatic carbocycles. The minimum absolute atomic E-state index is 0.0544. The Balaban J connectivity index is 1.53. The Morgan fingerprint density at radius 2 is 1.81 bits per heavy atom. The van der Waals surface area contributed by atoms with E-state index in [0.29, 0.717) is 31.1 Å². The fourth-order valence-corrected chi connectivity index (χ4v) is 5.77. The molecule has 0 aliphatic heterocycles. The molecule has 36 heavy (non-hydrogen) atoms. The maximum absolute atomic E-state index is 13.5. The van der Waals surface area contributed by atoms with Crippen LogP contribution in [0.25, 0.3) is 11.1 Å². The molecule has 1 heterocycles. The minimum Gasteiger partial charge on any atom is -0.490 e. The van der Waals surface area contributed by atoms with Crippen molar-refractivity contribution in [2.24, 2.45) is 11.8 Å². The molecule has 2 saturated carbocycles. The predicted octanol–water partition coefficient (Wildman–Crippen LogP) is 5.72. The van der Waals surface area contributed by atoms with Crippen molar-refractivity contribution in [3.63, 3.8) is 0 Å². The highest BCUT2D eigenvalue weighted by molar-refractivity contribution is 5.97. The molecule has 3 atom stereocenters. The van der Waals surface area contributed by atoms with E-state index in [1.807, 2.05) is 32.3 Å². The summed E-state index contributed by atoms with van der Waals surface area (Å²) in [5.41, 5.74) is 3.42. The van der Waals surface area contributed by atoms with Crippen molar-refractivity contribution < 1.29 is 14.6 Å². The molecule has 0 bridgehead atoms. The molecule has 2 aromatic rings. The number of carbonyl (C=O) groups excluding carboxylic acids is 1. The Labute approximate surface area is 216 Å². The first-order chi connectivity index (χ1) is 17.4. The summed E-state index contributed by atoms with van der Waals surface area (Å²) in [4.78, 5) is 15.6. The molecule has 2 aliphatic rings. The minimum atomic E-state index is -0.344.